The van der Waals surface area contributed by atoms with Crippen LogP contribution in [0.15, 0.2) is 47.6 Å². The number of nitrogens with zero attached hydrogens (tertiary/aromatic N) is 2. The molecule has 0 unspecified atom stereocenters. The first kappa shape index (κ1) is 12.8. The number of hydrogen-bond donors (Lipinski definition) is 2. The van der Waals surface area contributed by atoms with Gasteiger partial charge in [-0.1, -0.05) is 36.4 Å². The number of allylic oxidation sites excluding steroid dienone is 1. The van der Waals surface area contributed by atoms with Crippen LogP contribution in [0.2, 0.25) is 0 Å². The summed E-state index contributed by atoms with van der Waals surface area (Å²) in [6.45, 7) is 1.83. The summed E-state index contributed by atoms with van der Waals surface area (Å²) in [6.07, 6.45) is 5.17. The summed E-state index contributed by atoms with van der Waals surface area (Å²) in [7, 11) is 0. The van der Waals surface area contributed by atoms with Crippen molar-refractivity contribution in [3.05, 3.63) is 59.4 Å². The van der Waals surface area contributed by atoms with Crippen LogP contribution >= 0.6 is 0 Å². The highest BCUT2D eigenvalue weighted by Gasteiger charge is 2.06. The van der Waals surface area contributed by atoms with Crippen LogP contribution in [0, 0.1) is 6.92 Å². The topological polar surface area (TPSA) is 70.1 Å². The maximum atomic E-state index is 11.6. The van der Waals surface area contributed by atoms with E-state index in [2.05, 4.69) is 20.7 Å². The van der Waals surface area contributed by atoms with E-state index in [4.69, 9.17) is 0 Å². The predicted molar refractivity (Wildman–Crippen MR) is 74.8 cm³/mol. The molecule has 1 aromatic carbocycles. The molecular weight excluding hydrogens is 240 g/mol. The van der Waals surface area contributed by atoms with Crippen molar-refractivity contribution in [2.24, 2.45) is 5.10 Å². The summed E-state index contributed by atoms with van der Waals surface area (Å²) >= 11 is 0. The van der Waals surface area contributed by atoms with Crippen LogP contribution in [0.25, 0.3) is 6.08 Å². The molecule has 2 N–H and O–H groups in total. The molecule has 0 aliphatic carbocycles. The fourth-order valence-electron chi connectivity index (χ4n) is 1.45. The molecule has 0 fully saturated rings. The van der Waals surface area contributed by atoms with E-state index in [1.165, 1.54) is 6.21 Å². The van der Waals surface area contributed by atoms with Crippen molar-refractivity contribution in [3.63, 3.8) is 0 Å². The second kappa shape index (κ2) is 6.30. The van der Waals surface area contributed by atoms with Gasteiger partial charge in [-0.05, 0) is 24.6 Å². The highest BCUT2D eigenvalue weighted by atomic mass is 16.2. The molecule has 2 aromatic rings. The molecule has 1 aromatic heterocycles. The van der Waals surface area contributed by atoms with Crippen molar-refractivity contribution in [1.82, 2.24) is 15.6 Å². The van der Waals surface area contributed by atoms with Crippen molar-refractivity contribution in [2.75, 3.05) is 0 Å². The van der Waals surface area contributed by atoms with Gasteiger partial charge in [0.15, 0.2) is 5.69 Å². The Labute approximate surface area is 111 Å². The molecule has 0 aliphatic rings. The smallest absolute Gasteiger partial charge is 0.282 e. The van der Waals surface area contributed by atoms with Gasteiger partial charge in [0.2, 0.25) is 0 Å². The third-order valence-electron chi connectivity index (χ3n) is 2.35. The first-order chi connectivity index (χ1) is 9.25. The number of aryl methyl sites for hydroxylation is 1. The molecule has 1 heterocycles. The van der Waals surface area contributed by atoms with E-state index in [1.54, 1.807) is 12.1 Å². The zero-order chi connectivity index (χ0) is 13.5. The number of benzene rings is 1. The number of carbonyl (C=O) groups is 1. The standard InChI is InChI=1S/C14H14N4O/c1-11-10-13(17-16-11)14(19)18-15-9-5-8-12-6-3-2-4-7-12/h2-10H,1H3,(H,16,17)(H,18,19)/b8-5+,15-9?. The number of hydrazone groups is 1. The average Bonchev–Trinajstić information content (AvgIpc) is 2.86. The number of carbonyl (C=O) groups excluding carboxylic acids is 1. The molecule has 1 amide bonds. The maximum absolute atomic E-state index is 11.6. The van der Waals surface area contributed by atoms with Crippen LogP contribution in [0.3, 0.4) is 0 Å². The zero-order valence-electron chi connectivity index (χ0n) is 10.5. The Morgan fingerprint density at radius 2 is 2.16 bits per heavy atom. The van der Waals surface area contributed by atoms with Gasteiger partial charge in [-0.15, -0.1) is 0 Å². The average molecular weight is 254 g/mol. The number of rotatable bonds is 4. The Kier molecular flexibility index (Phi) is 4.23. The molecule has 0 saturated heterocycles. The van der Waals surface area contributed by atoms with E-state index >= 15 is 0 Å². The summed E-state index contributed by atoms with van der Waals surface area (Å²) in [5.41, 5.74) is 4.62. The molecule has 0 radical (unpaired) electrons. The van der Waals surface area contributed by atoms with E-state index in [9.17, 15) is 4.79 Å². The monoisotopic (exact) mass is 254 g/mol. The number of aromatic nitrogens is 2. The van der Waals surface area contributed by atoms with Gasteiger partial charge in [-0.25, -0.2) is 5.43 Å². The molecule has 0 bridgehead atoms. The van der Waals surface area contributed by atoms with Gasteiger partial charge in [-0.3, -0.25) is 9.89 Å². The summed E-state index contributed by atoms with van der Waals surface area (Å²) in [4.78, 5) is 11.6. The first-order valence-corrected chi connectivity index (χ1v) is 5.83. The number of aromatic amines is 1. The molecule has 19 heavy (non-hydrogen) atoms. The molecule has 0 atom stereocenters. The lowest BCUT2D eigenvalue weighted by molar-refractivity contribution is 0.0950. The second-order valence-corrected chi connectivity index (χ2v) is 3.93. The van der Waals surface area contributed by atoms with Gasteiger partial charge >= 0.3 is 0 Å². The first-order valence-electron chi connectivity index (χ1n) is 5.83. The summed E-state index contributed by atoms with van der Waals surface area (Å²) in [5, 5.41) is 10.3. The third-order valence-corrected chi connectivity index (χ3v) is 2.35. The molecule has 2 rings (SSSR count). The van der Waals surface area contributed by atoms with E-state index in [0.29, 0.717) is 5.69 Å². The lowest BCUT2D eigenvalue weighted by atomic mass is 10.2. The minimum atomic E-state index is -0.339. The fraction of sp³-hybridized carbons (Fsp3) is 0.0714. The second-order valence-electron chi connectivity index (χ2n) is 3.93. The molecular formula is C14H14N4O. The lowest BCUT2D eigenvalue weighted by Gasteiger charge is -1.92. The van der Waals surface area contributed by atoms with Gasteiger partial charge in [-0.2, -0.15) is 10.2 Å². The van der Waals surface area contributed by atoms with Crippen molar-refractivity contribution in [1.29, 1.82) is 0 Å². The largest absolute Gasteiger partial charge is 0.291 e. The van der Waals surface area contributed by atoms with E-state index in [-0.39, 0.29) is 5.91 Å². The Bertz CT molecular complexity index is 599. The maximum Gasteiger partial charge on any atom is 0.291 e. The highest BCUT2D eigenvalue weighted by molar-refractivity contribution is 5.92. The SMILES string of the molecule is Cc1cc(C(=O)NN=C/C=C/c2ccccc2)n[nH]1. The van der Waals surface area contributed by atoms with Crippen LogP contribution in [0.1, 0.15) is 21.7 Å². The Balaban J connectivity index is 1.84. The van der Waals surface area contributed by atoms with Crippen molar-refractivity contribution >= 4 is 18.2 Å². The fourth-order valence-corrected chi connectivity index (χ4v) is 1.45. The minimum Gasteiger partial charge on any atom is -0.282 e. The van der Waals surface area contributed by atoms with Crippen molar-refractivity contribution < 1.29 is 4.79 Å². The summed E-state index contributed by atoms with van der Waals surface area (Å²) < 4.78 is 0. The van der Waals surface area contributed by atoms with Gasteiger partial charge in [0, 0.05) is 11.9 Å². The molecule has 0 saturated carbocycles. The van der Waals surface area contributed by atoms with E-state index in [1.807, 2.05) is 43.3 Å². The quantitative estimate of drug-likeness (QED) is 0.648. The Morgan fingerprint density at radius 1 is 1.37 bits per heavy atom. The van der Waals surface area contributed by atoms with E-state index < -0.39 is 0 Å². The lowest BCUT2D eigenvalue weighted by Crippen LogP contribution is -2.17. The van der Waals surface area contributed by atoms with Crippen LogP contribution in [0.5, 0.6) is 0 Å². The van der Waals surface area contributed by atoms with Crippen LogP contribution in [-0.2, 0) is 0 Å². The number of H-pyrrole nitrogens is 1. The zero-order valence-corrected chi connectivity index (χ0v) is 10.5. The van der Waals surface area contributed by atoms with Crippen molar-refractivity contribution in [2.45, 2.75) is 6.92 Å². The number of nitrogens with one attached hydrogen (secondary N) is 2. The predicted octanol–water partition coefficient (Wildman–Crippen LogP) is 2.15. The molecule has 0 aliphatic heterocycles. The highest BCUT2D eigenvalue weighted by Crippen LogP contribution is 1.99. The molecule has 5 heteroatoms. The van der Waals surface area contributed by atoms with Gasteiger partial charge in [0.1, 0.15) is 0 Å². The van der Waals surface area contributed by atoms with Crippen molar-refractivity contribution in [3.8, 4) is 0 Å². The van der Waals surface area contributed by atoms with Crippen LogP contribution in [-0.4, -0.2) is 22.3 Å². The normalized spacial score (nSPS) is 11.2. The summed E-state index contributed by atoms with van der Waals surface area (Å²) in [6, 6.07) is 11.5. The van der Waals surface area contributed by atoms with Crippen LogP contribution in [0.4, 0.5) is 0 Å². The number of amides is 1. The van der Waals surface area contributed by atoms with E-state index in [0.717, 1.165) is 11.3 Å². The van der Waals surface area contributed by atoms with Gasteiger partial charge in [0.05, 0.1) is 0 Å². The van der Waals surface area contributed by atoms with Gasteiger partial charge in [0.25, 0.3) is 5.91 Å². The Hall–Kier alpha value is -2.69. The molecule has 5 nitrogen and oxygen atoms in total. The Morgan fingerprint density at radius 3 is 2.84 bits per heavy atom. The minimum absolute atomic E-state index is 0.321. The molecule has 0 spiro atoms. The summed E-state index contributed by atoms with van der Waals surface area (Å²) in [5.74, 6) is -0.339. The number of hydrogen-bond acceptors (Lipinski definition) is 3. The van der Waals surface area contributed by atoms with Crippen LogP contribution < -0.4 is 5.43 Å². The molecule has 96 valence electrons. The van der Waals surface area contributed by atoms with Gasteiger partial charge < -0.3 is 0 Å². The third kappa shape index (κ3) is 3.92.